The lowest BCUT2D eigenvalue weighted by molar-refractivity contribution is -0.384. The minimum atomic E-state index is -4.55. The molecule has 4 nitrogen and oxygen atoms in total. The number of alkyl halides is 3. The number of hydrogen-bond donors (Lipinski definition) is 1. The first kappa shape index (κ1) is 11.4. The molecule has 15 heavy (non-hydrogen) atoms. The van der Waals surface area contributed by atoms with Crippen molar-refractivity contribution in [2.75, 3.05) is 0 Å². The van der Waals surface area contributed by atoms with E-state index in [1.165, 1.54) is 0 Å². The maximum Gasteiger partial charge on any atom is 0.407 e. The molecule has 0 spiro atoms. The van der Waals surface area contributed by atoms with Gasteiger partial charge in [0, 0.05) is 12.1 Å². The Kier molecular flexibility index (Phi) is 2.94. The van der Waals surface area contributed by atoms with E-state index in [2.05, 4.69) is 0 Å². The van der Waals surface area contributed by atoms with Gasteiger partial charge in [0.25, 0.3) is 5.69 Å². The molecule has 0 aliphatic carbocycles. The molecule has 0 saturated carbocycles. The first-order valence-electron chi connectivity index (χ1n) is 3.89. The van der Waals surface area contributed by atoms with Crippen LogP contribution in [0.2, 0.25) is 0 Å². The summed E-state index contributed by atoms with van der Waals surface area (Å²) >= 11 is 0. The normalized spacial score (nSPS) is 13.6. The van der Waals surface area contributed by atoms with Crippen molar-refractivity contribution < 1.29 is 18.1 Å². The number of nitro benzene ring substituents is 1. The molecule has 82 valence electrons. The molecular weight excluding hydrogens is 213 g/mol. The second-order valence-corrected chi connectivity index (χ2v) is 2.87. The van der Waals surface area contributed by atoms with Gasteiger partial charge in [0.05, 0.1) is 4.92 Å². The highest BCUT2D eigenvalue weighted by Crippen LogP contribution is 2.30. The monoisotopic (exact) mass is 220 g/mol. The van der Waals surface area contributed by atoms with Crippen molar-refractivity contribution in [1.29, 1.82) is 0 Å². The van der Waals surface area contributed by atoms with E-state index in [0.717, 1.165) is 24.3 Å². The molecule has 0 fully saturated rings. The summed E-state index contributed by atoms with van der Waals surface area (Å²) < 4.78 is 36.4. The number of nitrogens with zero attached hydrogens (tertiary/aromatic N) is 1. The van der Waals surface area contributed by atoms with Gasteiger partial charge in [0.1, 0.15) is 6.04 Å². The summed E-state index contributed by atoms with van der Waals surface area (Å²) in [4.78, 5) is 9.54. The van der Waals surface area contributed by atoms with Crippen LogP contribution in [-0.4, -0.2) is 11.1 Å². The van der Waals surface area contributed by atoms with E-state index in [0.29, 0.717) is 0 Å². The maximum absolute atomic E-state index is 12.1. The van der Waals surface area contributed by atoms with Gasteiger partial charge in [-0.1, -0.05) is 12.1 Å². The van der Waals surface area contributed by atoms with E-state index in [1.54, 1.807) is 0 Å². The molecule has 0 bridgehead atoms. The second-order valence-electron chi connectivity index (χ2n) is 2.87. The molecule has 1 aromatic rings. The standard InChI is InChI=1S/C8H7F3N2O2/c9-8(10,11)7(12)5-1-3-6(4-2-5)13(14)15/h1-4,7H,12H2. The average molecular weight is 220 g/mol. The minimum absolute atomic E-state index is 0.201. The fourth-order valence-corrected chi connectivity index (χ4v) is 0.992. The van der Waals surface area contributed by atoms with Crippen LogP contribution in [0, 0.1) is 10.1 Å². The minimum Gasteiger partial charge on any atom is -0.316 e. The van der Waals surface area contributed by atoms with Gasteiger partial charge in [0.2, 0.25) is 0 Å². The van der Waals surface area contributed by atoms with Gasteiger partial charge >= 0.3 is 6.18 Å². The smallest absolute Gasteiger partial charge is 0.316 e. The van der Waals surface area contributed by atoms with Gasteiger partial charge in [-0.3, -0.25) is 10.1 Å². The zero-order valence-electron chi connectivity index (χ0n) is 7.36. The van der Waals surface area contributed by atoms with E-state index in [-0.39, 0.29) is 11.3 Å². The second kappa shape index (κ2) is 3.85. The van der Waals surface area contributed by atoms with Gasteiger partial charge in [0.15, 0.2) is 0 Å². The van der Waals surface area contributed by atoms with Crippen LogP contribution in [0.4, 0.5) is 18.9 Å². The van der Waals surface area contributed by atoms with Crippen LogP contribution in [0.15, 0.2) is 24.3 Å². The molecule has 0 heterocycles. The number of halogens is 3. The first-order chi connectivity index (χ1) is 6.82. The Hall–Kier alpha value is -1.63. The third-order valence-electron chi connectivity index (χ3n) is 1.82. The highest BCUT2D eigenvalue weighted by molar-refractivity contribution is 5.34. The summed E-state index contributed by atoms with van der Waals surface area (Å²) in [5, 5.41) is 10.2. The lowest BCUT2D eigenvalue weighted by atomic mass is 10.1. The van der Waals surface area contributed by atoms with Crippen molar-refractivity contribution in [3.05, 3.63) is 39.9 Å². The number of non-ortho nitro benzene ring substituents is 1. The van der Waals surface area contributed by atoms with Gasteiger partial charge in [-0.25, -0.2) is 0 Å². The van der Waals surface area contributed by atoms with Crippen molar-refractivity contribution in [2.45, 2.75) is 12.2 Å². The summed E-state index contributed by atoms with van der Waals surface area (Å²) in [7, 11) is 0. The molecule has 0 amide bonds. The SMILES string of the molecule is NC(c1ccc([N+](=O)[O-])cc1)C(F)(F)F. The van der Waals surface area contributed by atoms with Crippen molar-refractivity contribution in [3.8, 4) is 0 Å². The van der Waals surface area contributed by atoms with Gasteiger partial charge in [-0.15, -0.1) is 0 Å². The Balaban J connectivity index is 2.94. The van der Waals surface area contributed by atoms with E-state index < -0.39 is 17.1 Å². The van der Waals surface area contributed by atoms with Gasteiger partial charge < -0.3 is 5.73 Å². The summed E-state index contributed by atoms with van der Waals surface area (Å²) in [6, 6.07) is 1.85. The number of nitrogens with two attached hydrogens (primary N) is 1. The molecule has 7 heteroatoms. The number of benzene rings is 1. The van der Waals surface area contributed by atoms with Crippen LogP contribution >= 0.6 is 0 Å². The van der Waals surface area contributed by atoms with Crippen LogP contribution in [0.25, 0.3) is 0 Å². The fourth-order valence-electron chi connectivity index (χ4n) is 0.992. The summed E-state index contributed by atoms with van der Waals surface area (Å²) in [6.07, 6.45) is -4.55. The molecule has 1 rings (SSSR count). The van der Waals surface area contributed by atoms with Crippen molar-refractivity contribution in [1.82, 2.24) is 0 Å². The van der Waals surface area contributed by atoms with Crippen LogP contribution in [0.5, 0.6) is 0 Å². The number of hydrogen-bond acceptors (Lipinski definition) is 3. The van der Waals surface area contributed by atoms with Crippen molar-refractivity contribution >= 4 is 5.69 Å². The highest BCUT2D eigenvalue weighted by Gasteiger charge is 2.37. The average Bonchev–Trinajstić information content (AvgIpc) is 2.15. The first-order valence-corrected chi connectivity index (χ1v) is 3.89. The Bertz CT molecular complexity index is 361. The molecule has 1 aromatic carbocycles. The zero-order valence-corrected chi connectivity index (χ0v) is 7.36. The number of rotatable bonds is 2. The van der Waals surface area contributed by atoms with Crippen molar-refractivity contribution in [2.24, 2.45) is 5.73 Å². The van der Waals surface area contributed by atoms with Gasteiger partial charge in [-0.2, -0.15) is 13.2 Å². The summed E-state index contributed by atoms with van der Waals surface area (Å²) in [6.45, 7) is 0. The third-order valence-corrected chi connectivity index (χ3v) is 1.82. The maximum atomic E-state index is 12.1. The third kappa shape index (κ3) is 2.66. The molecule has 0 aliphatic heterocycles. The Morgan fingerprint density at radius 3 is 2.07 bits per heavy atom. The molecule has 0 saturated heterocycles. The van der Waals surface area contributed by atoms with E-state index in [9.17, 15) is 23.3 Å². The zero-order chi connectivity index (χ0) is 11.6. The number of nitro groups is 1. The predicted octanol–water partition coefficient (Wildman–Crippen LogP) is 2.16. The van der Waals surface area contributed by atoms with Crippen LogP contribution in [0.1, 0.15) is 11.6 Å². The van der Waals surface area contributed by atoms with Crippen molar-refractivity contribution in [3.63, 3.8) is 0 Å². The van der Waals surface area contributed by atoms with Crippen LogP contribution in [0.3, 0.4) is 0 Å². The summed E-state index contributed by atoms with van der Waals surface area (Å²) in [5.74, 6) is 0. The van der Waals surface area contributed by atoms with E-state index >= 15 is 0 Å². The highest BCUT2D eigenvalue weighted by atomic mass is 19.4. The summed E-state index contributed by atoms with van der Waals surface area (Å²) in [5.41, 5.74) is 4.43. The lowest BCUT2D eigenvalue weighted by Crippen LogP contribution is -2.28. The van der Waals surface area contributed by atoms with Crippen LogP contribution in [-0.2, 0) is 0 Å². The topological polar surface area (TPSA) is 69.2 Å². The Morgan fingerprint density at radius 2 is 1.73 bits per heavy atom. The molecule has 2 N–H and O–H groups in total. The largest absolute Gasteiger partial charge is 0.407 e. The molecule has 0 aromatic heterocycles. The molecule has 0 radical (unpaired) electrons. The Labute approximate surface area is 82.7 Å². The van der Waals surface area contributed by atoms with E-state index in [1.807, 2.05) is 0 Å². The molecular formula is C8H7F3N2O2. The molecule has 0 aliphatic rings. The van der Waals surface area contributed by atoms with E-state index in [4.69, 9.17) is 5.73 Å². The molecule has 1 unspecified atom stereocenters. The van der Waals surface area contributed by atoms with Gasteiger partial charge in [-0.05, 0) is 5.56 Å². The lowest BCUT2D eigenvalue weighted by Gasteiger charge is -2.15. The quantitative estimate of drug-likeness (QED) is 0.613. The fraction of sp³-hybridized carbons (Fsp3) is 0.250. The Morgan fingerprint density at radius 1 is 1.27 bits per heavy atom. The van der Waals surface area contributed by atoms with Crippen LogP contribution < -0.4 is 5.73 Å². The molecule has 1 atom stereocenters. The predicted molar refractivity (Wildman–Crippen MR) is 46.1 cm³/mol.